The van der Waals surface area contributed by atoms with Crippen LogP contribution in [0.3, 0.4) is 0 Å². The zero-order valence-electron chi connectivity index (χ0n) is 19.0. The number of rotatable bonds is 8. The van der Waals surface area contributed by atoms with Crippen LogP contribution < -0.4 is 5.32 Å². The molecule has 1 heterocycles. The smallest absolute Gasteiger partial charge is 0.418 e. The lowest BCUT2D eigenvalue weighted by Crippen LogP contribution is -2.25. The minimum atomic E-state index is -1.27. The number of aromatic nitrogens is 1. The number of nitrogens with one attached hydrogen (secondary N) is 1. The minimum Gasteiger partial charge on any atom is -0.450 e. The molecule has 0 spiro atoms. The Morgan fingerprint density at radius 3 is 2.20 bits per heavy atom. The Labute approximate surface area is 181 Å². The van der Waals surface area contributed by atoms with Gasteiger partial charge in [-0.1, -0.05) is 57.5 Å². The Balaban J connectivity index is 2.03. The van der Waals surface area contributed by atoms with E-state index in [9.17, 15) is 9.59 Å². The molecule has 0 radical (unpaired) electrons. The lowest BCUT2D eigenvalue weighted by molar-refractivity contribution is 0.154. The molecule has 0 aliphatic rings. The largest absolute Gasteiger partial charge is 0.450 e. The summed E-state index contributed by atoms with van der Waals surface area (Å²) in [5.41, 5.74) is 1.59. The zero-order valence-corrected chi connectivity index (χ0v) is 21.0. The van der Waals surface area contributed by atoms with E-state index in [2.05, 4.69) is 44.6 Å². The molecule has 0 fully saturated rings. The van der Waals surface area contributed by atoms with Gasteiger partial charge in [-0.05, 0) is 24.2 Å². The average Bonchev–Trinajstić information content (AvgIpc) is 2.98. The first-order valence-electron chi connectivity index (χ1n) is 10.3. The van der Waals surface area contributed by atoms with Gasteiger partial charge in [0.05, 0.1) is 18.7 Å². The van der Waals surface area contributed by atoms with Gasteiger partial charge in [-0.25, -0.2) is 9.59 Å². The average molecular weight is 447 g/mol. The molecule has 0 unspecified atom stereocenters. The van der Waals surface area contributed by atoms with Crippen molar-refractivity contribution in [1.82, 2.24) is 9.88 Å². The number of ether oxygens (including phenoxy) is 2. The van der Waals surface area contributed by atoms with E-state index in [1.54, 1.807) is 18.5 Å². The molecule has 2 rings (SSSR count). The first-order valence-corrected chi connectivity index (χ1v) is 17.7. The Hall–Kier alpha value is -2.33. The number of hydrogen-bond donors (Lipinski definition) is 1. The number of nitrogens with zero attached hydrogens (tertiary/aromatic N) is 1. The van der Waals surface area contributed by atoms with Crippen LogP contribution in [0.5, 0.6) is 0 Å². The molecular formula is C22H34N2O4Si2. The van der Waals surface area contributed by atoms with Crippen molar-refractivity contribution in [2.75, 3.05) is 13.2 Å². The fourth-order valence-corrected chi connectivity index (χ4v) is 4.12. The SMILES string of the molecule is C[Si](C)(C)CCOC(=O)N/C=C/c1cn(C(=O)OCC[Si](C)(C)C)c2ccccc12. The first-order chi connectivity index (χ1) is 14.0. The predicted molar refractivity (Wildman–Crippen MR) is 129 cm³/mol. The molecule has 1 aromatic heterocycles. The van der Waals surface area contributed by atoms with Gasteiger partial charge in [0.25, 0.3) is 0 Å². The summed E-state index contributed by atoms with van der Waals surface area (Å²) < 4.78 is 12.2. The highest BCUT2D eigenvalue weighted by atomic mass is 28.3. The van der Waals surface area contributed by atoms with Crippen LogP contribution in [0.1, 0.15) is 5.56 Å². The summed E-state index contributed by atoms with van der Waals surface area (Å²) in [4.78, 5) is 24.4. The van der Waals surface area contributed by atoms with Crippen LogP contribution in [0, 0.1) is 0 Å². The van der Waals surface area contributed by atoms with Gasteiger partial charge >= 0.3 is 12.2 Å². The molecule has 0 atom stereocenters. The molecule has 0 bridgehead atoms. The highest BCUT2D eigenvalue weighted by Crippen LogP contribution is 2.23. The summed E-state index contributed by atoms with van der Waals surface area (Å²) in [5.74, 6) is 0. The van der Waals surface area contributed by atoms with Crippen molar-refractivity contribution in [3.63, 3.8) is 0 Å². The topological polar surface area (TPSA) is 69.6 Å². The standard InChI is InChI=1S/C22H34N2O4Si2/c1-29(2,3)15-13-27-21(25)23-12-11-18-17-24(20-10-8-7-9-19(18)20)22(26)28-14-16-30(4,5)6/h7-12,17H,13-16H2,1-6H3,(H,23,25)/b12-11+. The van der Waals surface area contributed by atoms with Gasteiger partial charge in [-0.3, -0.25) is 9.88 Å². The van der Waals surface area contributed by atoms with Gasteiger partial charge in [0.2, 0.25) is 0 Å². The van der Waals surface area contributed by atoms with Crippen LogP contribution in [0.25, 0.3) is 17.0 Å². The van der Waals surface area contributed by atoms with Crippen molar-refractivity contribution in [2.24, 2.45) is 0 Å². The second-order valence-electron chi connectivity index (χ2n) is 9.82. The molecule has 1 aromatic carbocycles. The Bertz CT molecular complexity index is 908. The third kappa shape index (κ3) is 7.83. The first kappa shape index (κ1) is 23.9. The number of para-hydroxylation sites is 1. The minimum absolute atomic E-state index is 0.386. The summed E-state index contributed by atoms with van der Waals surface area (Å²) in [6, 6.07) is 9.47. The molecule has 164 valence electrons. The van der Waals surface area contributed by atoms with E-state index < -0.39 is 22.2 Å². The molecule has 1 N–H and O–H groups in total. The highest BCUT2D eigenvalue weighted by Gasteiger charge is 2.17. The summed E-state index contributed by atoms with van der Waals surface area (Å²) in [6.45, 7) is 14.3. The molecule has 0 aliphatic heterocycles. The van der Waals surface area contributed by atoms with E-state index in [1.807, 2.05) is 24.3 Å². The van der Waals surface area contributed by atoms with Crippen molar-refractivity contribution < 1.29 is 19.1 Å². The lowest BCUT2D eigenvalue weighted by Gasteiger charge is -2.15. The van der Waals surface area contributed by atoms with Crippen molar-refractivity contribution in [2.45, 2.75) is 51.4 Å². The Kier molecular flexibility index (Phi) is 8.08. The van der Waals surface area contributed by atoms with Gasteiger partial charge in [0.15, 0.2) is 0 Å². The monoisotopic (exact) mass is 446 g/mol. The maximum absolute atomic E-state index is 12.6. The van der Waals surface area contributed by atoms with Gasteiger partial charge in [-0.15, -0.1) is 0 Å². The van der Waals surface area contributed by atoms with E-state index in [0.717, 1.165) is 28.6 Å². The molecule has 8 heteroatoms. The lowest BCUT2D eigenvalue weighted by atomic mass is 10.2. The summed E-state index contributed by atoms with van der Waals surface area (Å²) in [6.07, 6.45) is 4.17. The molecule has 30 heavy (non-hydrogen) atoms. The van der Waals surface area contributed by atoms with Crippen molar-refractivity contribution in [3.8, 4) is 0 Å². The zero-order chi connectivity index (χ0) is 22.4. The normalized spacial score (nSPS) is 12.3. The van der Waals surface area contributed by atoms with Crippen molar-refractivity contribution >= 4 is 45.3 Å². The van der Waals surface area contributed by atoms with Gasteiger partial charge < -0.3 is 9.47 Å². The van der Waals surface area contributed by atoms with E-state index in [-0.39, 0.29) is 6.09 Å². The summed E-state index contributed by atoms with van der Waals surface area (Å²) >= 11 is 0. The summed E-state index contributed by atoms with van der Waals surface area (Å²) in [5, 5.41) is 3.53. The molecule has 0 saturated heterocycles. The number of carbonyl (C=O) groups excluding carboxylic acids is 2. The van der Waals surface area contributed by atoms with Gasteiger partial charge in [-0.2, -0.15) is 0 Å². The summed E-state index contributed by atoms with van der Waals surface area (Å²) in [7, 11) is -2.50. The fourth-order valence-electron chi connectivity index (χ4n) is 2.69. The molecule has 0 saturated carbocycles. The number of carbonyl (C=O) groups is 2. The number of amides is 1. The molecule has 0 aliphatic carbocycles. The second kappa shape index (κ2) is 10.1. The number of benzene rings is 1. The van der Waals surface area contributed by atoms with Gasteiger partial charge in [0.1, 0.15) is 0 Å². The number of alkyl carbamates (subject to hydrolysis) is 1. The fraction of sp³-hybridized carbons (Fsp3) is 0.455. The van der Waals surface area contributed by atoms with Crippen LogP contribution in [-0.2, 0) is 9.47 Å². The van der Waals surface area contributed by atoms with Gasteiger partial charge in [0, 0.05) is 39.5 Å². The quantitative estimate of drug-likeness (QED) is 0.505. The van der Waals surface area contributed by atoms with E-state index in [1.165, 1.54) is 4.57 Å². The number of fused-ring (bicyclic) bond motifs is 1. The highest BCUT2D eigenvalue weighted by molar-refractivity contribution is 6.76. The third-order valence-corrected chi connectivity index (χ3v) is 7.97. The molecule has 6 nitrogen and oxygen atoms in total. The van der Waals surface area contributed by atoms with Crippen LogP contribution >= 0.6 is 0 Å². The van der Waals surface area contributed by atoms with Crippen LogP contribution in [0.2, 0.25) is 51.4 Å². The predicted octanol–water partition coefficient (Wildman–Crippen LogP) is 6.00. The molecule has 1 amide bonds. The van der Waals surface area contributed by atoms with Crippen molar-refractivity contribution in [3.05, 3.63) is 42.2 Å². The van der Waals surface area contributed by atoms with E-state index in [4.69, 9.17) is 9.47 Å². The van der Waals surface area contributed by atoms with Crippen LogP contribution in [-0.4, -0.2) is 46.1 Å². The maximum atomic E-state index is 12.6. The maximum Gasteiger partial charge on any atom is 0.418 e. The van der Waals surface area contributed by atoms with Crippen molar-refractivity contribution in [1.29, 1.82) is 0 Å². The second-order valence-corrected chi connectivity index (χ2v) is 21.1. The molecule has 2 aromatic rings. The third-order valence-electron chi connectivity index (χ3n) is 4.57. The van der Waals surface area contributed by atoms with E-state index >= 15 is 0 Å². The molecular weight excluding hydrogens is 412 g/mol. The Morgan fingerprint density at radius 1 is 0.967 bits per heavy atom. The van der Waals surface area contributed by atoms with Crippen LogP contribution in [0.4, 0.5) is 9.59 Å². The number of hydrogen-bond acceptors (Lipinski definition) is 4. The van der Waals surface area contributed by atoms with Crippen LogP contribution in [0.15, 0.2) is 36.7 Å². The Morgan fingerprint density at radius 2 is 1.57 bits per heavy atom. The van der Waals surface area contributed by atoms with E-state index in [0.29, 0.717) is 13.2 Å².